The summed E-state index contributed by atoms with van der Waals surface area (Å²) in [4.78, 5) is 1.32. The molecule has 0 bridgehead atoms. The van der Waals surface area contributed by atoms with E-state index in [1.807, 2.05) is 25.1 Å². The minimum absolute atomic E-state index is 0.417. The Balaban J connectivity index is 1.89. The molecule has 92 valence electrons. The lowest BCUT2D eigenvalue weighted by molar-refractivity contribution is 0.221. The average Bonchev–Trinajstić information content (AvgIpc) is 2.42. The highest BCUT2D eigenvalue weighted by atomic mass is 32.2. The summed E-state index contributed by atoms with van der Waals surface area (Å²) in [7, 11) is 2.02. The van der Waals surface area contributed by atoms with Crippen LogP contribution in [-0.2, 0) is 4.74 Å². The lowest BCUT2D eigenvalue weighted by Crippen LogP contribution is -2.31. The van der Waals surface area contributed by atoms with Crippen LogP contribution < -0.4 is 5.32 Å². The monoisotopic (exact) mass is 249 g/mol. The summed E-state index contributed by atoms with van der Waals surface area (Å²) in [5.41, 5.74) is 1.39. The summed E-state index contributed by atoms with van der Waals surface area (Å²) in [6.07, 6.45) is 4.23. The Morgan fingerprint density at radius 3 is 2.82 bits per heavy atom. The fourth-order valence-electron chi connectivity index (χ4n) is 1.91. The standard InChI is InChI=1S/C14H19NOS/c1-15-14(12-6-5-9-16-10-12)11-17-13-7-3-2-4-8-13/h2-4,7-8,10,14-15H,5-6,9,11H2,1H3. The second kappa shape index (κ2) is 6.72. The molecule has 1 heterocycles. The highest BCUT2D eigenvalue weighted by Gasteiger charge is 2.15. The Labute approximate surface area is 107 Å². The van der Waals surface area contributed by atoms with E-state index in [-0.39, 0.29) is 0 Å². The van der Waals surface area contributed by atoms with E-state index >= 15 is 0 Å². The predicted molar refractivity (Wildman–Crippen MR) is 73.3 cm³/mol. The largest absolute Gasteiger partial charge is 0.501 e. The number of hydrogen-bond donors (Lipinski definition) is 1. The van der Waals surface area contributed by atoms with Gasteiger partial charge in [-0.05, 0) is 37.6 Å². The molecule has 17 heavy (non-hydrogen) atoms. The maximum Gasteiger partial charge on any atom is 0.0876 e. The molecule has 0 radical (unpaired) electrons. The van der Waals surface area contributed by atoms with Crippen LogP contribution in [-0.4, -0.2) is 25.4 Å². The van der Waals surface area contributed by atoms with Gasteiger partial charge < -0.3 is 10.1 Å². The molecule has 0 fully saturated rings. The summed E-state index contributed by atoms with van der Waals surface area (Å²) in [6.45, 7) is 0.867. The molecule has 3 heteroatoms. The van der Waals surface area contributed by atoms with Crippen molar-refractivity contribution in [1.82, 2.24) is 5.32 Å². The van der Waals surface area contributed by atoms with E-state index < -0.39 is 0 Å². The van der Waals surface area contributed by atoms with Gasteiger partial charge in [-0.3, -0.25) is 0 Å². The molecule has 0 spiro atoms. The van der Waals surface area contributed by atoms with E-state index in [1.165, 1.54) is 10.5 Å². The first-order chi connectivity index (χ1) is 8.40. The number of thioether (sulfide) groups is 1. The van der Waals surface area contributed by atoms with Crippen LogP contribution in [0.15, 0.2) is 47.1 Å². The van der Waals surface area contributed by atoms with Crippen LogP contribution >= 0.6 is 11.8 Å². The van der Waals surface area contributed by atoms with Gasteiger partial charge in [-0.25, -0.2) is 0 Å². The zero-order valence-electron chi connectivity index (χ0n) is 10.2. The highest BCUT2D eigenvalue weighted by molar-refractivity contribution is 7.99. The number of rotatable bonds is 5. The molecule has 1 N–H and O–H groups in total. The quantitative estimate of drug-likeness (QED) is 0.810. The maximum absolute atomic E-state index is 5.41. The molecule has 1 aliphatic heterocycles. The molecule has 2 nitrogen and oxygen atoms in total. The van der Waals surface area contributed by atoms with Gasteiger partial charge in [-0.15, -0.1) is 11.8 Å². The predicted octanol–water partition coefficient (Wildman–Crippen LogP) is 3.06. The Morgan fingerprint density at radius 1 is 1.35 bits per heavy atom. The SMILES string of the molecule is CNC(CSc1ccccc1)C1=COCCC1. The molecular weight excluding hydrogens is 230 g/mol. The number of ether oxygens (including phenoxy) is 1. The summed E-state index contributed by atoms with van der Waals surface area (Å²) >= 11 is 1.89. The molecule has 0 saturated carbocycles. The minimum atomic E-state index is 0.417. The van der Waals surface area contributed by atoms with Gasteiger partial charge >= 0.3 is 0 Å². The van der Waals surface area contributed by atoms with Crippen LogP contribution in [0.3, 0.4) is 0 Å². The van der Waals surface area contributed by atoms with E-state index in [0.29, 0.717) is 6.04 Å². The third-order valence-electron chi connectivity index (χ3n) is 2.92. The van der Waals surface area contributed by atoms with Gasteiger partial charge in [0, 0.05) is 16.7 Å². The maximum atomic E-state index is 5.41. The summed E-state index contributed by atoms with van der Waals surface area (Å²) in [6, 6.07) is 10.9. The number of benzene rings is 1. The van der Waals surface area contributed by atoms with Gasteiger partial charge in [0.2, 0.25) is 0 Å². The zero-order valence-corrected chi connectivity index (χ0v) is 11.0. The van der Waals surface area contributed by atoms with Crippen LogP contribution in [0.5, 0.6) is 0 Å². The number of nitrogens with one attached hydrogen (secondary N) is 1. The normalized spacial score (nSPS) is 17.1. The van der Waals surface area contributed by atoms with E-state index in [9.17, 15) is 0 Å². The highest BCUT2D eigenvalue weighted by Crippen LogP contribution is 2.23. The summed E-state index contributed by atoms with van der Waals surface area (Å²) in [5.74, 6) is 1.05. The lowest BCUT2D eigenvalue weighted by Gasteiger charge is -2.22. The first kappa shape index (κ1) is 12.5. The summed E-state index contributed by atoms with van der Waals surface area (Å²) in [5, 5.41) is 3.37. The zero-order chi connectivity index (χ0) is 11.9. The Hall–Kier alpha value is -0.930. The molecule has 0 amide bonds. The van der Waals surface area contributed by atoms with Crippen molar-refractivity contribution in [3.8, 4) is 0 Å². The number of hydrogen-bond acceptors (Lipinski definition) is 3. The third kappa shape index (κ3) is 3.79. The first-order valence-corrected chi connectivity index (χ1v) is 7.04. The molecular formula is C14H19NOS. The van der Waals surface area contributed by atoms with Crippen molar-refractivity contribution < 1.29 is 4.74 Å². The van der Waals surface area contributed by atoms with Gasteiger partial charge in [-0.2, -0.15) is 0 Å². The fraction of sp³-hybridized carbons (Fsp3) is 0.429. The van der Waals surface area contributed by atoms with Gasteiger partial charge in [0.25, 0.3) is 0 Å². The van der Waals surface area contributed by atoms with Crippen LogP contribution in [0.1, 0.15) is 12.8 Å². The summed E-state index contributed by atoms with van der Waals surface area (Å²) < 4.78 is 5.41. The Morgan fingerprint density at radius 2 is 2.18 bits per heavy atom. The van der Waals surface area contributed by atoms with E-state index in [2.05, 4.69) is 35.6 Å². The Kier molecular flexibility index (Phi) is 4.95. The molecule has 1 atom stereocenters. The molecule has 0 aromatic heterocycles. The van der Waals surface area contributed by atoms with Gasteiger partial charge in [-0.1, -0.05) is 18.2 Å². The van der Waals surface area contributed by atoms with Gasteiger partial charge in [0.1, 0.15) is 0 Å². The molecule has 1 unspecified atom stereocenters. The molecule has 1 aliphatic rings. The molecule has 1 aromatic rings. The van der Waals surface area contributed by atoms with Crippen molar-refractivity contribution in [2.24, 2.45) is 0 Å². The lowest BCUT2D eigenvalue weighted by atomic mass is 10.0. The fourth-order valence-corrected chi connectivity index (χ4v) is 3.00. The van der Waals surface area contributed by atoms with E-state index in [4.69, 9.17) is 4.74 Å². The van der Waals surface area contributed by atoms with Crippen LogP contribution in [0.2, 0.25) is 0 Å². The van der Waals surface area contributed by atoms with Crippen molar-refractivity contribution in [3.63, 3.8) is 0 Å². The van der Waals surface area contributed by atoms with Crippen LogP contribution in [0, 0.1) is 0 Å². The van der Waals surface area contributed by atoms with Crippen molar-refractivity contribution in [2.45, 2.75) is 23.8 Å². The molecule has 0 aliphatic carbocycles. The number of likely N-dealkylation sites (N-methyl/N-ethyl adjacent to an activating group) is 1. The van der Waals surface area contributed by atoms with Crippen molar-refractivity contribution >= 4 is 11.8 Å². The van der Waals surface area contributed by atoms with Crippen molar-refractivity contribution in [1.29, 1.82) is 0 Å². The van der Waals surface area contributed by atoms with Crippen molar-refractivity contribution in [3.05, 3.63) is 42.2 Å². The minimum Gasteiger partial charge on any atom is -0.501 e. The van der Waals surface area contributed by atoms with Crippen LogP contribution in [0.4, 0.5) is 0 Å². The van der Waals surface area contributed by atoms with E-state index in [1.54, 1.807) is 0 Å². The molecule has 1 aromatic carbocycles. The second-order valence-electron chi connectivity index (χ2n) is 4.13. The smallest absolute Gasteiger partial charge is 0.0876 e. The third-order valence-corrected chi connectivity index (χ3v) is 4.02. The van der Waals surface area contributed by atoms with Crippen LogP contribution in [0.25, 0.3) is 0 Å². The first-order valence-electron chi connectivity index (χ1n) is 6.06. The van der Waals surface area contributed by atoms with E-state index in [0.717, 1.165) is 25.2 Å². The molecule has 2 rings (SSSR count). The Bertz CT molecular complexity index is 364. The second-order valence-corrected chi connectivity index (χ2v) is 5.23. The topological polar surface area (TPSA) is 21.3 Å². The van der Waals surface area contributed by atoms with Gasteiger partial charge in [0.05, 0.1) is 12.9 Å². The molecule has 0 saturated heterocycles. The van der Waals surface area contributed by atoms with Gasteiger partial charge in [0.15, 0.2) is 0 Å². The average molecular weight is 249 g/mol. The van der Waals surface area contributed by atoms with Crippen molar-refractivity contribution in [2.75, 3.05) is 19.4 Å².